The molecule has 1 aliphatic rings. The van der Waals surface area contributed by atoms with Gasteiger partial charge in [-0.2, -0.15) is 13.2 Å². The van der Waals surface area contributed by atoms with Gasteiger partial charge in [-0.3, -0.25) is 4.79 Å². The number of benzene rings is 3. The molecule has 4 rings (SSSR count). The van der Waals surface area contributed by atoms with Crippen molar-refractivity contribution in [3.8, 4) is 5.75 Å². The van der Waals surface area contributed by atoms with E-state index in [1.54, 1.807) is 0 Å². The van der Waals surface area contributed by atoms with E-state index in [0.29, 0.717) is 31.4 Å². The third kappa shape index (κ3) is 8.30. The largest absolute Gasteiger partial charge is 0.493 e. The molecule has 0 saturated carbocycles. The molecule has 0 aromatic heterocycles. The van der Waals surface area contributed by atoms with Crippen LogP contribution in [0.3, 0.4) is 0 Å². The van der Waals surface area contributed by atoms with Gasteiger partial charge in [0.2, 0.25) is 15.9 Å². The Bertz CT molecular complexity index is 1520. The minimum atomic E-state index is -4.74. The molecule has 2 unspecified atom stereocenters. The van der Waals surface area contributed by atoms with Crippen LogP contribution in [0.5, 0.6) is 5.75 Å². The van der Waals surface area contributed by atoms with Gasteiger partial charge in [-0.1, -0.05) is 30.3 Å². The first-order chi connectivity index (χ1) is 19.6. The molecule has 3 N–H and O–H groups in total. The van der Waals surface area contributed by atoms with Crippen molar-refractivity contribution in [1.29, 1.82) is 0 Å². The fourth-order valence-corrected chi connectivity index (χ4v) is 5.79. The second kappa shape index (κ2) is 12.4. The van der Waals surface area contributed by atoms with Crippen LogP contribution in [0.25, 0.3) is 0 Å². The molecule has 0 aliphatic carbocycles. The van der Waals surface area contributed by atoms with Gasteiger partial charge in [0, 0.05) is 30.5 Å². The maximum Gasteiger partial charge on any atom is 0.416 e. The second-order valence-corrected chi connectivity index (χ2v) is 12.9. The van der Waals surface area contributed by atoms with E-state index in [4.69, 9.17) is 4.74 Å². The van der Waals surface area contributed by atoms with Crippen LogP contribution in [-0.4, -0.2) is 26.5 Å². The molecule has 1 heterocycles. The molecule has 1 aliphatic heterocycles. The van der Waals surface area contributed by atoms with E-state index in [2.05, 4.69) is 36.1 Å². The van der Waals surface area contributed by atoms with E-state index in [0.717, 1.165) is 41.5 Å². The summed E-state index contributed by atoms with van der Waals surface area (Å²) >= 11 is 0. The summed E-state index contributed by atoms with van der Waals surface area (Å²) < 4.78 is 87.7. The Morgan fingerprint density at radius 3 is 2.40 bits per heavy atom. The van der Waals surface area contributed by atoms with Gasteiger partial charge in [0.1, 0.15) is 11.6 Å². The Morgan fingerprint density at radius 1 is 1.02 bits per heavy atom. The van der Waals surface area contributed by atoms with Gasteiger partial charge in [-0.25, -0.2) is 17.5 Å². The first-order valence-electron chi connectivity index (χ1n) is 13.4. The van der Waals surface area contributed by atoms with E-state index in [1.165, 1.54) is 12.1 Å². The number of carbonyl (C=O) groups is 1. The summed E-state index contributed by atoms with van der Waals surface area (Å²) in [5.41, 5.74) is 0.854. The first-order valence-corrected chi connectivity index (χ1v) is 14.8. The smallest absolute Gasteiger partial charge is 0.416 e. The van der Waals surface area contributed by atoms with Crippen LogP contribution in [0.4, 0.5) is 17.6 Å². The predicted molar refractivity (Wildman–Crippen MR) is 150 cm³/mol. The normalized spacial score (nSPS) is 16.3. The van der Waals surface area contributed by atoms with Crippen LogP contribution in [0.15, 0.2) is 71.6 Å². The quantitative estimate of drug-likeness (QED) is 0.268. The van der Waals surface area contributed by atoms with Crippen molar-refractivity contribution in [2.24, 2.45) is 0 Å². The van der Waals surface area contributed by atoms with E-state index < -0.39 is 50.5 Å². The van der Waals surface area contributed by atoms with E-state index in [1.807, 2.05) is 18.2 Å². The number of rotatable bonds is 9. The lowest BCUT2D eigenvalue weighted by molar-refractivity contribution is -0.137. The number of halogens is 4. The summed E-state index contributed by atoms with van der Waals surface area (Å²) in [5.74, 6) is -0.439. The van der Waals surface area contributed by atoms with Gasteiger partial charge in [-0.15, -0.1) is 0 Å². The van der Waals surface area contributed by atoms with Crippen molar-refractivity contribution in [2.75, 3.05) is 6.61 Å². The van der Waals surface area contributed by atoms with Gasteiger partial charge < -0.3 is 15.4 Å². The second-order valence-electron chi connectivity index (χ2n) is 11.2. The zero-order valence-corrected chi connectivity index (χ0v) is 24.2. The molecule has 226 valence electrons. The van der Waals surface area contributed by atoms with Crippen LogP contribution in [-0.2, 0) is 27.5 Å². The van der Waals surface area contributed by atoms with Crippen molar-refractivity contribution in [3.63, 3.8) is 0 Å². The maximum absolute atomic E-state index is 13.6. The number of carbonyl (C=O) groups excluding carboxylic acids is 1. The highest BCUT2D eigenvalue weighted by Gasteiger charge is 2.33. The van der Waals surface area contributed by atoms with E-state index in [9.17, 15) is 30.8 Å². The third-order valence-corrected chi connectivity index (χ3v) is 8.18. The Kier molecular flexibility index (Phi) is 9.29. The number of hydrogen-bond donors (Lipinski definition) is 3. The number of alkyl halides is 3. The van der Waals surface area contributed by atoms with Crippen LogP contribution >= 0.6 is 0 Å². The lowest BCUT2D eigenvalue weighted by Crippen LogP contribution is -2.37. The molecule has 0 radical (unpaired) electrons. The molecule has 3 aromatic rings. The lowest BCUT2D eigenvalue weighted by Gasteiger charge is -2.28. The van der Waals surface area contributed by atoms with E-state index >= 15 is 0 Å². The molecule has 0 saturated heterocycles. The van der Waals surface area contributed by atoms with Crippen molar-refractivity contribution >= 4 is 15.9 Å². The molecular formula is C30H33F4N3O4S. The number of nitrogens with one attached hydrogen (secondary N) is 3. The molecule has 7 nitrogen and oxygen atoms in total. The average molecular weight is 608 g/mol. The highest BCUT2D eigenvalue weighted by Crippen LogP contribution is 2.34. The Balaban J connectivity index is 1.53. The summed E-state index contributed by atoms with van der Waals surface area (Å²) in [6, 6.07) is 12.3. The SMILES string of the molecule is CC(C)(C)NCc1ccc2c(c1)OCCC2NC(=O)CC(NS(=O)(=O)c1cccc(C(F)(F)F)c1)c1ccc(F)cc1. The van der Waals surface area contributed by atoms with Gasteiger partial charge >= 0.3 is 6.18 Å². The summed E-state index contributed by atoms with van der Waals surface area (Å²) in [4.78, 5) is 12.6. The van der Waals surface area contributed by atoms with Crippen LogP contribution < -0.4 is 20.1 Å². The van der Waals surface area contributed by atoms with Crippen LogP contribution in [0.1, 0.15) is 68.0 Å². The summed E-state index contributed by atoms with van der Waals surface area (Å²) in [6.07, 6.45) is -4.65. The summed E-state index contributed by atoms with van der Waals surface area (Å²) in [7, 11) is -4.50. The van der Waals surface area contributed by atoms with Gasteiger partial charge in [0.25, 0.3) is 0 Å². The lowest BCUT2D eigenvalue weighted by atomic mass is 9.97. The molecule has 12 heteroatoms. The molecule has 0 fully saturated rings. The van der Waals surface area contributed by atoms with E-state index in [-0.39, 0.29) is 17.5 Å². The van der Waals surface area contributed by atoms with Crippen LogP contribution in [0.2, 0.25) is 0 Å². The fraction of sp³-hybridized carbons (Fsp3) is 0.367. The van der Waals surface area contributed by atoms with Crippen molar-refractivity contribution in [1.82, 2.24) is 15.4 Å². The standard InChI is InChI=1S/C30H33F4N3O4S/c1-29(2,3)35-18-19-7-12-24-25(13-14-41-27(24)15-19)36-28(38)17-26(20-8-10-22(31)11-9-20)37-42(39,40)23-6-4-5-21(16-23)30(32,33)34/h4-12,15-16,25-26,35,37H,13-14,17-18H2,1-3H3,(H,36,38). The topological polar surface area (TPSA) is 96.5 Å². The third-order valence-electron chi connectivity index (χ3n) is 6.71. The summed E-state index contributed by atoms with van der Waals surface area (Å²) in [5, 5.41) is 6.33. The van der Waals surface area contributed by atoms with Crippen molar-refractivity contribution < 1.29 is 35.5 Å². The molecule has 42 heavy (non-hydrogen) atoms. The number of amides is 1. The highest BCUT2D eigenvalue weighted by atomic mass is 32.2. The Morgan fingerprint density at radius 2 is 1.74 bits per heavy atom. The average Bonchev–Trinajstić information content (AvgIpc) is 2.91. The number of fused-ring (bicyclic) bond motifs is 1. The molecule has 0 spiro atoms. The first kappa shape index (κ1) is 31.5. The number of hydrogen-bond acceptors (Lipinski definition) is 5. The number of sulfonamides is 1. The zero-order valence-electron chi connectivity index (χ0n) is 23.4. The van der Waals surface area contributed by atoms with Crippen molar-refractivity contribution in [3.05, 3.63) is 94.8 Å². The Labute approximate surface area is 242 Å². The number of ether oxygens (including phenoxy) is 1. The molecular weight excluding hydrogens is 574 g/mol. The highest BCUT2D eigenvalue weighted by molar-refractivity contribution is 7.89. The van der Waals surface area contributed by atoms with Crippen molar-refractivity contribution in [2.45, 2.75) is 68.9 Å². The Hall–Kier alpha value is -3.48. The predicted octanol–water partition coefficient (Wildman–Crippen LogP) is 5.78. The monoisotopic (exact) mass is 607 g/mol. The molecule has 0 bridgehead atoms. The maximum atomic E-state index is 13.6. The molecule has 1 amide bonds. The fourth-order valence-electron chi connectivity index (χ4n) is 4.52. The molecule has 3 aromatic carbocycles. The van der Waals surface area contributed by atoms with Crippen LogP contribution in [0, 0.1) is 5.82 Å². The van der Waals surface area contributed by atoms with Gasteiger partial charge in [0.15, 0.2) is 0 Å². The molecule has 2 atom stereocenters. The summed E-state index contributed by atoms with van der Waals surface area (Å²) in [6.45, 7) is 7.17. The minimum Gasteiger partial charge on any atom is -0.493 e. The van der Waals surface area contributed by atoms with Gasteiger partial charge in [0.05, 0.1) is 29.1 Å². The minimum absolute atomic E-state index is 0.0724. The zero-order chi connectivity index (χ0) is 30.7. The van der Waals surface area contributed by atoms with Gasteiger partial charge in [-0.05, 0) is 68.3 Å².